The molecule has 1 aromatic rings. The fraction of sp³-hybridized carbons (Fsp3) is 0.545. The Balaban J connectivity index is 1.71. The SMILES string of the molecule is Clc1ccc(CNC[C@@H]2CCNC2)cn1. The fourth-order valence-corrected chi connectivity index (χ4v) is 1.93. The number of halogens is 1. The molecule has 0 spiro atoms. The van der Waals surface area contributed by atoms with Crippen molar-refractivity contribution in [3.63, 3.8) is 0 Å². The van der Waals surface area contributed by atoms with Gasteiger partial charge in [-0.15, -0.1) is 0 Å². The molecule has 1 atom stereocenters. The Labute approximate surface area is 95.2 Å². The maximum Gasteiger partial charge on any atom is 0.129 e. The van der Waals surface area contributed by atoms with Crippen molar-refractivity contribution in [1.29, 1.82) is 0 Å². The van der Waals surface area contributed by atoms with Gasteiger partial charge in [-0.2, -0.15) is 0 Å². The van der Waals surface area contributed by atoms with Gasteiger partial charge in [-0.1, -0.05) is 17.7 Å². The van der Waals surface area contributed by atoms with Gasteiger partial charge in [0.15, 0.2) is 0 Å². The molecule has 0 bridgehead atoms. The molecule has 3 nitrogen and oxygen atoms in total. The van der Waals surface area contributed by atoms with E-state index >= 15 is 0 Å². The van der Waals surface area contributed by atoms with E-state index in [1.807, 2.05) is 18.3 Å². The number of pyridine rings is 1. The highest BCUT2D eigenvalue weighted by atomic mass is 35.5. The van der Waals surface area contributed by atoms with E-state index in [0.29, 0.717) is 5.15 Å². The first-order valence-corrected chi connectivity index (χ1v) is 5.74. The summed E-state index contributed by atoms with van der Waals surface area (Å²) in [5.74, 6) is 0.783. The minimum atomic E-state index is 0.554. The molecule has 0 unspecified atom stereocenters. The van der Waals surface area contributed by atoms with Gasteiger partial charge in [0.25, 0.3) is 0 Å². The van der Waals surface area contributed by atoms with Crippen LogP contribution in [0, 0.1) is 5.92 Å². The van der Waals surface area contributed by atoms with E-state index in [-0.39, 0.29) is 0 Å². The second-order valence-electron chi connectivity index (χ2n) is 3.98. The molecule has 2 rings (SSSR count). The van der Waals surface area contributed by atoms with Crippen molar-refractivity contribution in [3.05, 3.63) is 29.0 Å². The van der Waals surface area contributed by atoms with Gasteiger partial charge < -0.3 is 10.6 Å². The lowest BCUT2D eigenvalue weighted by Gasteiger charge is -2.09. The van der Waals surface area contributed by atoms with E-state index in [9.17, 15) is 0 Å². The topological polar surface area (TPSA) is 37.0 Å². The third-order valence-corrected chi connectivity index (χ3v) is 2.94. The minimum absolute atomic E-state index is 0.554. The van der Waals surface area contributed by atoms with E-state index in [0.717, 1.165) is 32.1 Å². The molecule has 0 aromatic carbocycles. The molecule has 1 saturated heterocycles. The summed E-state index contributed by atoms with van der Waals surface area (Å²) in [7, 11) is 0. The summed E-state index contributed by atoms with van der Waals surface area (Å²) in [5.41, 5.74) is 1.19. The molecular formula is C11H16ClN3. The van der Waals surface area contributed by atoms with E-state index in [1.165, 1.54) is 12.0 Å². The van der Waals surface area contributed by atoms with Gasteiger partial charge in [0.1, 0.15) is 5.15 Å². The van der Waals surface area contributed by atoms with Crippen LogP contribution < -0.4 is 10.6 Å². The van der Waals surface area contributed by atoms with Crippen molar-refractivity contribution >= 4 is 11.6 Å². The zero-order valence-corrected chi connectivity index (χ0v) is 9.43. The summed E-state index contributed by atoms with van der Waals surface area (Å²) in [6, 6.07) is 3.84. The van der Waals surface area contributed by atoms with Crippen molar-refractivity contribution in [2.45, 2.75) is 13.0 Å². The van der Waals surface area contributed by atoms with Crippen LogP contribution in [-0.4, -0.2) is 24.6 Å². The Bertz CT molecular complexity index is 293. The second kappa shape index (κ2) is 5.45. The standard InChI is InChI=1S/C11H16ClN3/c12-11-2-1-9(8-15-11)6-14-7-10-3-4-13-5-10/h1-2,8,10,13-14H,3-7H2/t10-/m1/s1. The lowest BCUT2D eigenvalue weighted by molar-refractivity contribution is 0.512. The minimum Gasteiger partial charge on any atom is -0.316 e. The third-order valence-electron chi connectivity index (χ3n) is 2.71. The zero-order chi connectivity index (χ0) is 10.5. The highest BCUT2D eigenvalue weighted by molar-refractivity contribution is 6.29. The van der Waals surface area contributed by atoms with Gasteiger partial charge in [-0.05, 0) is 43.6 Å². The lowest BCUT2D eigenvalue weighted by Crippen LogP contribution is -2.24. The molecule has 82 valence electrons. The number of hydrogen-bond donors (Lipinski definition) is 2. The normalized spacial score (nSPS) is 20.7. The van der Waals surface area contributed by atoms with E-state index in [2.05, 4.69) is 15.6 Å². The van der Waals surface area contributed by atoms with E-state index in [4.69, 9.17) is 11.6 Å². The van der Waals surface area contributed by atoms with Crippen molar-refractivity contribution in [1.82, 2.24) is 15.6 Å². The first kappa shape index (κ1) is 10.9. The molecule has 1 fully saturated rings. The number of nitrogens with one attached hydrogen (secondary N) is 2. The van der Waals surface area contributed by atoms with Crippen LogP contribution in [0.1, 0.15) is 12.0 Å². The molecular weight excluding hydrogens is 210 g/mol. The number of nitrogens with zero attached hydrogens (tertiary/aromatic N) is 1. The molecule has 2 heterocycles. The average molecular weight is 226 g/mol. The quantitative estimate of drug-likeness (QED) is 0.762. The first-order chi connectivity index (χ1) is 7.34. The van der Waals surface area contributed by atoms with Gasteiger partial charge in [-0.3, -0.25) is 0 Å². The number of hydrogen-bond acceptors (Lipinski definition) is 3. The highest BCUT2D eigenvalue weighted by Crippen LogP contribution is 2.07. The van der Waals surface area contributed by atoms with Crippen LogP contribution in [0.5, 0.6) is 0 Å². The molecule has 2 N–H and O–H groups in total. The first-order valence-electron chi connectivity index (χ1n) is 5.36. The Morgan fingerprint density at radius 3 is 3.13 bits per heavy atom. The summed E-state index contributed by atoms with van der Waals surface area (Å²) in [6.07, 6.45) is 3.11. The summed E-state index contributed by atoms with van der Waals surface area (Å²) in [4.78, 5) is 4.04. The molecule has 4 heteroatoms. The van der Waals surface area contributed by atoms with Crippen molar-refractivity contribution < 1.29 is 0 Å². The number of rotatable bonds is 4. The Morgan fingerprint density at radius 1 is 1.53 bits per heavy atom. The molecule has 0 aliphatic carbocycles. The Kier molecular flexibility index (Phi) is 3.94. The molecule has 1 aliphatic rings. The van der Waals surface area contributed by atoms with Crippen LogP contribution in [0.25, 0.3) is 0 Å². The van der Waals surface area contributed by atoms with Crippen LogP contribution in [0.2, 0.25) is 5.15 Å². The highest BCUT2D eigenvalue weighted by Gasteiger charge is 2.13. The van der Waals surface area contributed by atoms with Crippen molar-refractivity contribution in [2.75, 3.05) is 19.6 Å². The van der Waals surface area contributed by atoms with Gasteiger partial charge in [-0.25, -0.2) is 4.98 Å². The zero-order valence-electron chi connectivity index (χ0n) is 8.67. The fourth-order valence-electron chi connectivity index (χ4n) is 1.82. The van der Waals surface area contributed by atoms with Crippen LogP contribution >= 0.6 is 11.6 Å². The third kappa shape index (κ3) is 3.45. The Morgan fingerprint density at radius 2 is 2.47 bits per heavy atom. The van der Waals surface area contributed by atoms with Crippen LogP contribution in [0.15, 0.2) is 18.3 Å². The second-order valence-corrected chi connectivity index (χ2v) is 4.37. The largest absolute Gasteiger partial charge is 0.316 e. The predicted molar refractivity (Wildman–Crippen MR) is 61.9 cm³/mol. The summed E-state index contributed by atoms with van der Waals surface area (Å²) in [6.45, 7) is 4.26. The molecule has 1 aromatic heterocycles. The summed E-state index contributed by atoms with van der Waals surface area (Å²) < 4.78 is 0. The maximum absolute atomic E-state index is 5.71. The van der Waals surface area contributed by atoms with E-state index in [1.54, 1.807) is 0 Å². The average Bonchev–Trinajstić information content (AvgIpc) is 2.74. The smallest absolute Gasteiger partial charge is 0.129 e. The molecule has 1 aliphatic heterocycles. The predicted octanol–water partition coefficient (Wildman–Crippen LogP) is 1.43. The Hall–Kier alpha value is -0.640. The van der Waals surface area contributed by atoms with Gasteiger partial charge in [0.05, 0.1) is 0 Å². The summed E-state index contributed by atoms with van der Waals surface area (Å²) in [5, 5.41) is 7.35. The van der Waals surface area contributed by atoms with Crippen molar-refractivity contribution in [3.8, 4) is 0 Å². The van der Waals surface area contributed by atoms with Crippen LogP contribution in [-0.2, 0) is 6.54 Å². The monoisotopic (exact) mass is 225 g/mol. The van der Waals surface area contributed by atoms with Crippen molar-refractivity contribution in [2.24, 2.45) is 5.92 Å². The van der Waals surface area contributed by atoms with Gasteiger partial charge >= 0.3 is 0 Å². The van der Waals surface area contributed by atoms with Gasteiger partial charge in [0, 0.05) is 12.7 Å². The van der Waals surface area contributed by atoms with Crippen LogP contribution in [0.3, 0.4) is 0 Å². The number of aromatic nitrogens is 1. The maximum atomic E-state index is 5.71. The van der Waals surface area contributed by atoms with Gasteiger partial charge in [0.2, 0.25) is 0 Å². The molecule has 0 saturated carbocycles. The van der Waals surface area contributed by atoms with Crippen LogP contribution in [0.4, 0.5) is 0 Å². The molecule has 15 heavy (non-hydrogen) atoms. The molecule has 0 radical (unpaired) electrons. The lowest BCUT2D eigenvalue weighted by atomic mass is 10.1. The molecule has 0 amide bonds. The van der Waals surface area contributed by atoms with E-state index < -0.39 is 0 Å². The summed E-state index contributed by atoms with van der Waals surface area (Å²) >= 11 is 5.71.